The van der Waals surface area contributed by atoms with Crippen molar-refractivity contribution < 1.29 is 19.4 Å². The summed E-state index contributed by atoms with van der Waals surface area (Å²) >= 11 is 0. The van der Waals surface area contributed by atoms with Crippen molar-refractivity contribution in [2.75, 3.05) is 0 Å². The van der Waals surface area contributed by atoms with Crippen molar-refractivity contribution in [2.24, 2.45) is 5.41 Å². The number of carbonyl (C=O) groups excluding carboxylic acids is 1. The van der Waals surface area contributed by atoms with E-state index in [1.807, 2.05) is 0 Å². The second-order valence-corrected chi connectivity index (χ2v) is 4.34. The van der Waals surface area contributed by atoms with Gasteiger partial charge in [-0.25, -0.2) is 0 Å². The lowest BCUT2D eigenvalue weighted by atomic mass is 9.82. The number of hydrogen-bond donors (Lipinski definition) is 1. The van der Waals surface area contributed by atoms with Crippen molar-refractivity contribution in [3.05, 3.63) is 0 Å². The van der Waals surface area contributed by atoms with Crippen LogP contribution in [0.25, 0.3) is 0 Å². The number of ether oxygens (including phenoxy) is 1. The fourth-order valence-corrected chi connectivity index (χ4v) is 1.31. The normalized spacial score (nSPS) is 12.3. The second kappa shape index (κ2) is 3.77. The third-order valence-corrected chi connectivity index (χ3v) is 1.81. The Balaban J connectivity index is 4.41. The molecule has 0 aliphatic heterocycles. The molecule has 0 bridgehead atoms. The quantitative estimate of drug-likeness (QED) is 0.663. The minimum absolute atomic E-state index is 0.286. The Bertz CT molecular complexity index is 206. The summed E-state index contributed by atoms with van der Waals surface area (Å²) in [5.41, 5.74) is -1.61. The van der Waals surface area contributed by atoms with Gasteiger partial charge in [-0.2, -0.15) is 0 Å². The highest BCUT2D eigenvalue weighted by Gasteiger charge is 2.35. The fraction of sp³-hybridized carbons (Fsp3) is 0.778. The van der Waals surface area contributed by atoms with Gasteiger partial charge in [-0.1, -0.05) is 0 Å². The van der Waals surface area contributed by atoms with Crippen LogP contribution < -0.4 is 0 Å². The van der Waals surface area contributed by atoms with Gasteiger partial charge < -0.3 is 9.84 Å². The third-order valence-electron chi connectivity index (χ3n) is 1.81. The Morgan fingerprint density at radius 2 is 1.85 bits per heavy atom. The Labute approximate surface area is 77.9 Å². The molecule has 0 aromatic rings. The van der Waals surface area contributed by atoms with Crippen LogP contribution in [-0.2, 0) is 14.3 Å². The zero-order chi connectivity index (χ0) is 10.7. The van der Waals surface area contributed by atoms with Gasteiger partial charge in [-0.3, -0.25) is 9.59 Å². The predicted molar refractivity (Wildman–Crippen MR) is 47.3 cm³/mol. The summed E-state index contributed by atoms with van der Waals surface area (Å²) in [6.07, 6.45) is 0.286. The summed E-state index contributed by atoms with van der Waals surface area (Å²) in [6.45, 7) is 6.92. The van der Waals surface area contributed by atoms with E-state index in [1.165, 1.54) is 0 Å². The van der Waals surface area contributed by atoms with Gasteiger partial charge in [0.1, 0.15) is 5.60 Å². The molecular formula is C9H16O4. The smallest absolute Gasteiger partial charge is 0.309 e. The minimum Gasteiger partial charge on any atom is -0.481 e. The van der Waals surface area contributed by atoms with E-state index in [1.54, 1.807) is 27.7 Å². The molecule has 4 nitrogen and oxygen atoms in total. The Hall–Kier alpha value is -1.06. The number of carboxylic acids is 1. The minimum atomic E-state index is -0.893. The topological polar surface area (TPSA) is 63.6 Å². The average Bonchev–Trinajstić information content (AvgIpc) is 1.83. The second-order valence-electron chi connectivity index (χ2n) is 4.34. The van der Waals surface area contributed by atoms with Gasteiger partial charge in [-0.05, 0) is 27.7 Å². The molecule has 0 aromatic heterocycles. The van der Waals surface area contributed by atoms with Gasteiger partial charge in [0.15, 0.2) is 0 Å². The number of rotatable bonds is 5. The summed E-state index contributed by atoms with van der Waals surface area (Å²) in [5.74, 6) is -0.893. The van der Waals surface area contributed by atoms with E-state index in [9.17, 15) is 9.59 Å². The molecule has 0 spiro atoms. The summed E-state index contributed by atoms with van der Waals surface area (Å²) in [5, 5.41) is 8.83. The molecule has 0 saturated carbocycles. The van der Waals surface area contributed by atoms with Crippen molar-refractivity contribution in [3.63, 3.8) is 0 Å². The lowest BCUT2D eigenvalue weighted by molar-refractivity contribution is -0.156. The highest BCUT2D eigenvalue weighted by Crippen LogP contribution is 2.29. The molecule has 0 unspecified atom stereocenters. The van der Waals surface area contributed by atoms with E-state index >= 15 is 0 Å². The van der Waals surface area contributed by atoms with Gasteiger partial charge in [0.2, 0.25) is 0 Å². The Morgan fingerprint density at radius 1 is 1.38 bits per heavy atom. The fourth-order valence-electron chi connectivity index (χ4n) is 1.31. The summed E-state index contributed by atoms with van der Waals surface area (Å²) in [7, 11) is 0. The molecular weight excluding hydrogens is 172 g/mol. The number of aliphatic carboxylic acids is 1. The predicted octanol–water partition coefficient (Wildman–Crippen LogP) is 1.44. The van der Waals surface area contributed by atoms with Crippen LogP contribution in [0.2, 0.25) is 0 Å². The number of carboxylic acid groups (broad SMARTS) is 1. The van der Waals surface area contributed by atoms with Crippen molar-refractivity contribution in [2.45, 2.75) is 39.7 Å². The summed E-state index contributed by atoms with van der Waals surface area (Å²) in [4.78, 5) is 20.9. The van der Waals surface area contributed by atoms with Gasteiger partial charge in [0.25, 0.3) is 6.47 Å². The first kappa shape index (κ1) is 11.9. The van der Waals surface area contributed by atoms with E-state index in [0.29, 0.717) is 6.47 Å². The van der Waals surface area contributed by atoms with Gasteiger partial charge >= 0.3 is 5.97 Å². The maximum Gasteiger partial charge on any atom is 0.309 e. The van der Waals surface area contributed by atoms with E-state index in [2.05, 4.69) is 0 Å². The first-order valence-corrected chi connectivity index (χ1v) is 4.06. The molecule has 0 saturated heterocycles. The molecule has 76 valence electrons. The summed E-state index contributed by atoms with van der Waals surface area (Å²) < 4.78 is 4.77. The van der Waals surface area contributed by atoms with E-state index < -0.39 is 17.0 Å². The molecule has 0 aliphatic carbocycles. The average molecular weight is 188 g/mol. The molecule has 4 heteroatoms. The molecule has 0 aliphatic rings. The zero-order valence-corrected chi connectivity index (χ0v) is 8.46. The highest BCUT2D eigenvalue weighted by molar-refractivity contribution is 5.73. The third kappa shape index (κ3) is 3.92. The molecule has 0 fully saturated rings. The van der Waals surface area contributed by atoms with E-state index in [0.717, 1.165) is 0 Å². The first-order chi connectivity index (χ1) is 5.71. The highest BCUT2D eigenvalue weighted by atomic mass is 16.5. The molecule has 0 rings (SSSR count). The molecule has 1 N–H and O–H groups in total. The van der Waals surface area contributed by atoms with Crippen LogP contribution in [0.3, 0.4) is 0 Å². The SMILES string of the molecule is CC(C)(CC(C)(C)C(=O)O)OC=O. The lowest BCUT2D eigenvalue weighted by Gasteiger charge is -2.30. The van der Waals surface area contributed by atoms with Crippen LogP contribution in [0.15, 0.2) is 0 Å². The maximum atomic E-state index is 10.8. The van der Waals surface area contributed by atoms with Crippen molar-refractivity contribution in [1.82, 2.24) is 0 Å². The monoisotopic (exact) mass is 188 g/mol. The largest absolute Gasteiger partial charge is 0.481 e. The Kier molecular flexibility index (Phi) is 3.46. The van der Waals surface area contributed by atoms with E-state index in [-0.39, 0.29) is 6.42 Å². The molecule has 0 radical (unpaired) electrons. The molecule has 0 heterocycles. The van der Waals surface area contributed by atoms with Gasteiger partial charge in [0.05, 0.1) is 5.41 Å². The number of hydrogen-bond acceptors (Lipinski definition) is 3. The van der Waals surface area contributed by atoms with Crippen LogP contribution in [-0.4, -0.2) is 23.1 Å². The van der Waals surface area contributed by atoms with Crippen molar-refractivity contribution in [1.29, 1.82) is 0 Å². The molecule has 0 amide bonds. The molecule has 13 heavy (non-hydrogen) atoms. The first-order valence-electron chi connectivity index (χ1n) is 4.06. The van der Waals surface area contributed by atoms with Crippen molar-refractivity contribution >= 4 is 12.4 Å². The van der Waals surface area contributed by atoms with Gasteiger partial charge in [-0.15, -0.1) is 0 Å². The standard InChI is InChI=1S/C9H16O4/c1-8(2,7(11)12)5-9(3,4)13-6-10/h6H,5H2,1-4H3,(H,11,12). The van der Waals surface area contributed by atoms with Crippen LogP contribution in [0.1, 0.15) is 34.1 Å². The zero-order valence-electron chi connectivity index (χ0n) is 8.46. The van der Waals surface area contributed by atoms with Crippen LogP contribution in [0.4, 0.5) is 0 Å². The lowest BCUT2D eigenvalue weighted by Crippen LogP contribution is -2.35. The maximum absolute atomic E-state index is 10.8. The molecule has 0 atom stereocenters. The van der Waals surface area contributed by atoms with Crippen LogP contribution >= 0.6 is 0 Å². The van der Waals surface area contributed by atoms with Crippen LogP contribution in [0, 0.1) is 5.41 Å². The van der Waals surface area contributed by atoms with Gasteiger partial charge in [0, 0.05) is 6.42 Å². The van der Waals surface area contributed by atoms with Crippen LogP contribution in [0.5, 0.6) is 0 Å². The molecule has 0 aromatic carbocycles. The number of carbonyl (C=O) groups is 2. The van der Waals surface area contributed by atoms with E-state index in [4.69, 9.17) is 9.84 Å². The summed E-state index contributed by atoms with van der Waals surface area (Å²) in [6, 6.07) is 0. The Morgan fingerprint density at radius 3 is 2.15 bits per heavy atom. The van der Waals surface area contributed by atoms with Crippen molar-refractivity contribution in [3.8, 4) is 0 Å².